The van der Waals surface area contributed by atoms with Crippen LogP contribution in [-0.2, 0) is 14.3 Å². The second kappa shape index (κ2) is 11.0. The lowest BCUT2D eigenvalue weighted by molar-refractivity contribution is -0.148. The molecule has 1 aromatic heterocycles. The quantitative estimate of drug-likeness (QED) is 0.477. The molecule has 2 amide bonds. The number of amides is 2. The lowest BCUT2D eigenvalue weighted by Gasteiger charge is -2.09. The highest BCUT2D eigenvalue weighted by atomic mass is 32.1. The van der Waals surface area contributed by atoms with Gasteiger partial charge in [0.2, 0.25) is 0 Å². The minimum atomic E-state index is -0.548. The fourth-order valence-corrected chi connectivity index (χ4v) is 2.75. The molecule has 1 aromatic carbocycles. The molecule has 0 spiro atoms. The van der Waals surface area contributed by atoms with Crippen LogP contribution < -0.4 is 15.4 Å². The van der Waals surface area contributed by atoms with Crippen LogP contribution in [0, 0.1) is 6.92 Å². The molecule has 0 aliphatic carbocycles. The normalized spacial score (nSPS) is 10.1. The molecule has 0 bridgehead atoms. The summed E-state index contributed by atoms with van der Waals surface area (Å²) in [6.07, 6.45) is 0.000858. The number of thiophene rings is 1. The number of hydrogen-bond acceptors (Lipinski definition) is 6. The molecule has 0 saturated heterocycles. The molecule has 1 heterocycles. The molecule has 2 N–H and O–H groups in total. The van der Waals surface area contributed by atoms with Gasteiger partial charge in [-0.2, -0.15) is 0 Å². The highest BCUT2D eigenvalue weighted by molar-refractivity contribution is 7.12. The molecule has 2 aromatic rings. The molecule has 0 atom stereocenters. The van der Waals surface area contributed by atoms with Crippen molar-refractivity contribution in [2.24, 2.45) is 0 Å². The number of aryl methyl sites for hydroxylation is 1. The number of ether oxygens (including phenoxy) is 2. The van der Waals surface area contributed by atoms with Crippen molar-refractivity contribution in [1.29, 1.82) is 0 Å². The Morgan fingerprint density at radius 1 is 1.07 bits per heavy atom. The molecule has 0 saturated carbocycles. The molecule has 27 heavy (non-hydrogen) atoms. The first-order valence-corrected chi connectivity index (χ1v) is 9.36. The fourth-order valence-electron chi connectivity index (χ4n) is 2.11. The summed E-state index contributed by atoms with van der Waals surface area (Å²) in [6, 6.07) is 11.1. The van der Waals surface area contributed by atoms with Crippen LogP contribution in [0.5, 0.6) is 5.75 Å². The Hall–Kier alpha value is -2.87. The molecule has 0 unspecified atom stereocenters. The Morgan fingerprint density at radius 2 is 1.93 bits per heavy atom. The van der Waals surface area contributed by atoms with Crippen molar-refractivity contribution < 1.29 is 23.9 Å². The Labute approximate surface area is 161 Å². The summed E-state index contributed by atoms with van der Waals surface area (Å²) in [5.74, 6) is -0.448. The van der Waals surface area contributed by atoms with Crippen molar-refractivity contribution >= 4 is 29.1 Å². The van der Waals surface area contributed by atoms with E-state index in [4.69, 9.17) is 9.47 Å². The van der Waals surface area contributed by atoms with Crippen LogP contribution >= 0.6 is 11.3 Å². The van der Waals surface area contributed by atoms with Gasteiger partial charge < -0.3 is 20.1 Å². The van der Waals surface area contributed by atoms with E-state index in [9.17, 15) is 14.4 Å². The van der Waals surface area contributed by atoms with Crippen molar-refractivity contribution in [2.45, 2.75) is 13.3 Å². The third-order valence-electron chi connectivity index (χ3n) is 3.41. The van der Waals surface area contributed by atoms with E-state index < -0.39 is 11.9 Å². The van der Waals surface area contributed by atoms with Crippen molar-refractivity contribution in [2.75, 3.05) is 26.3 Å². The third-order valence-corrected chi connectivity index (χ3v) is 4.28. The summed E-state index contributed by atoms with van der Waals surface area (Å²) in [5.41, 5.74) is 1.09. The van der Waals surface area contributed by atoms with E-state index in [0.717, 1.165) is 11.3 Å². The predicted molar refractivity (Wildman–Crippen MR) is 102 cm³/mol. The second-order valence-electron chi connectivity index (χ2n) is 5.66. The topological polar surface area (TPSA) is 93.7 Å². The van der Waals surface area contributed by atoms with Crippen LogP contribution in [0.2, 0.25) is 0 Å². The summed E-state index contributed by atoms with van der Waals surface area (Å²) < 4.78 is 10.4. The molecular formula is C19H22N2O5S. The van der Waals surface area contributed by atoms with Gasteiger partial charge in [0.05, 0.1) is 17.8 Å². The van der Waals surface area contributed by atoms with Crippen molar-refractivity contribution in [3.05, 3.63) is 52.2 Å². The number of carbonyl (C=O) groups is 3. The second-order valence-corrected chi connectivity index (χ2v) is 6.61. The summed E-state index contributed by atoms with van der Waals surface area (Å²) in [6.45, 7) is 2.39. The minimum absolute atomic E-state index is 0.000858. The van der Waals surface area contributed by atoms with Crippen LogP contribution in [0.3, 0.4) is 0 Å². The molecule has 0 fully saturated rings. The van der Waals surface area contributed by atoms with Crippen molar-refractivity contribution in [3.8, 4) is 5.75 Å². The zero-order chi connectivity index (χ0) is 19.5. The van der Waals surface area contributed by atoms with E-state index in [1.807, 2.05) is 31.2 Å². The van der Waals surface area contributed by atoms with E-state index in [1.54, 1.807) is 17.5 Å². The lowest BCUT2D eigenvalue weighted by Crippen LogP contribution is -2.32. The standard InChI is InChI=1S/C19H22N2O5S/c1-14-4-2-5-15(12-14)25-10-9-20-17(22)13-26-18(23)7-8-21-19(24)16-6-3-11-27-16/h2-6,11-12H,7-10,13H2,1H3,(H,20,22)(H,21,24). The van der Waals surface area contributed by atoms with Crippen molar-refractivity contribution in [1.82, 2.24) is 10.6 Å². The number of hydrogen-bond donors (Lipinski definition) is 2. The zero-order valence-electron chi connectivity index (χ0n) is 15.0. The maximum atomic E-state index is 11.7. The van der Waals surface area contributed by atoms with E-state index in [-0.39, 0.29) is 25.5 Å². The van der Waals surface area contributed by atoms with Crippen LogP contribution in [0.1, 0.15) is 21.7 Å². The minimum Gasteiger partial charge on any atom is -0.492 e. The number of nitrogens with one attached hydrogen (secondary N) is 2. The lowest BCUT2D eigenvalue weighted by atomic mass is 10.2. The van der Waals surface area contributed by atoms with Gasteiger partial charge in [-0.05, 0) is 36.1 Å². The van der Waals surface area contributed by atoms with Gasteiger partial charge in [0.1, 0.15) is 12.4 Å². The smallest absolute Gasteiger partial charge is 0.308 e. The molecule has 8 heteroatoms. The zero-order valence-corrected chi connectivity index (χ0v) is 15.8. The van der Waals surface area contributed by atoms with Crippen LogP contribution in [0.15, 0.2) is 41.8 Å². The van der Waals surface area contributed by atoms with Gasteiger partial charge in [0.25, 0.3) is 11.8 Å². The highest BCUT2D eigenvalue weighted by Crippen LogP contribution is 2.11. The van der Waals surface area contributed by atoms with Gasteiger partial charge in [-0.3, -0.25) is 14.4 Å². The van der Waals surface area contributed by atoms with Crippen LogP contribution in [0.4, 0.5) is 0 Å². The average molecular weight is 390 g/mol. The summed E-state index contributed by atoms with van der Waals surface area (Å²) >= 11 is 1.32. The molecule has 2 rings (SSSR count). The van der Waals surface area contributed by atoms with Crippen LogP contribution in [0.25, 0.3) is 0 Å². The average Bonchev–Trinajstić information content (AvgIpc) is 3.18. The van der Waals surface area contributed by atoms with Gasteiger partial charge in [-0.15, -0.1) is 11.3 Å². The molecule has 0 aliphatic rings. The van der Waals surface area contributed by atoms with Gasteiger partial charge >= 0.3 is 5.97 Å². The number of carbonyl (C=O) groups excluding carboxylic acids is 3. The maximum absolute atomic E-state index is 11.7. The SMILES string of the molecule is Cc1cccc(OCCNC(=O)COC(=O)CCNC(=O)c2cccs2)c1. The molecular weight excluding hydrogens is 368 g/mol. The summed E-state index contributed by atoms with van der Waals surface area (Å²) in [4.78, 5) is 35.5. The number of rotatable bonds is 10. The largest absolute Gasteiger partial charge is 0.492 e. The predicted octanol–water partition coefficient (Wildman–Crippen LogP) is 1.91. The summed E-state index contributed by atoms with van der Waals surface area (Å²) in [7, 11) is 0. The van der Waals surface area contributed by atoms with E-state index in [1.165, 1.54) is 11.3 Å². The van der Waals surface area contributed by atoms with Crippen molar-refractivity contribution in [3.63, 3.8) is 0 Å². The Morgan fingerprint density at radius 3 is 2.67 bits per heavy atom. The first kappa shape index (κ1) is 20.4. The van der Waals surface area contributed by atoms with E-state index >= 15 is 0 Å². The third kappa shape index (κ3) is 7.91. The highest BCUT2D eigenvalue weighted by Gasteiger charge is 2.09. The first-order chi connectivity index (χ1) is 13.0. The molecule has 144 valence electrons. The first-order valence-electron chi connectivity index (χ1n) is 8.48. The molecule has 0 radical (unpaired) electrons. The van der Waals surface area contributed by atoms with Crippen LogP contribution in [-0.4, -0.2) is 44.1 Å². The Balaban J connectivity index is 1.51. The number of esters is 1. The Kier molecular flexibility index (Phi) is 8.31. The maximum Gasteiger partial charge on any atom is 0.308 e. The Bertz CT molecular complexity index is 761. The monoisotopic (exact) mass is 390 g/mol. The summed E-state index contributed by atoms with van der Waals surface area (Å²) in [5, 5.41) is 7.02. The molecule has 0 aliphatic heterocycles. The molecule has 7 nitrogen and oxygen atoms in total. The van der Waals surface area contributed by atoms with E-state index in [0.29, 0.717) is 18.0 Å². The fraction of sp³-hybridized carbons (Fsp3) is 0.316. The van der Waals surface area contributed by atoms with Gasteiger partial charge in [0, 0.05) is 6.54 Å². The van der Waals surface area contributed by atoms with Gasteiger partial charge in [0.15, 0.2) is 6.61 Å². The number of benzene rings is 1. The van der Waals surface area contributed by atoms with Gasteiger partial charge in [-0.1, -0.05) is 18.2 Å². The van der Waals surface area contributed by atoms with Gasteiger partial charge in [-0.25, -0.2) is 0 Å². The van der Waals surface area contributed by atoms with E-state index in [2.05, 4.69) is 10.6 Å².